The van der Waals surface area contributed by atoms with Gasteiger partial charge in [-0.25, -0.2) is 9.97 Å². The topological polar surface area (TPSA) is 68.0 Å². The molecule has 0 unspecified atom stereocenters. The van der Waals surface area contributed by atoms with Crippen LogP contribution >= 0.6 is 11.3 Å². The van der Waals surface area contributed by atoms with Crippen LogP contribution in [0.3, 0.4) is 0 Å². The van der Waals surface area contributed by atoms with Crippen molar-refractivity contribution in [1.29, 1.82) is 0 Å². The number of rotatable bonds is 3. The van der Waals surface area contributed by atoms with E-state index in [0.717, 1.165) is 10.4 Å². The van der Waals surface area contributed by atoms with Gasteiger partial charge in [-0.2, -0.15) is 0 Å². The molecule has 0 saturated carbocycles. The zero-order chi connectivity index (χ0) is 13.9. The monoisotopic (exact) mass is 285 g/mol. The lowest BCUT2D eigenvalue weighted by Gasteiger charge is -2.02. The van der Waals surface area contributed by atoms with Crippen molar-refractivity contribution in [3.63, 3.8) is 0 Å². The molecule has 1 aromatic carbocycles. The second-order valence-corrected chi connectivity index (χ2v) is 5.41. The first-order chi connectivity index (χ1) is 9.72. The Morgan fingerprint density at radius 2 is 2.05 bits per heavy atom. The standard InChI is InChI=1S/C14H11N3O2S/c1-9-6-16-14(20-9)17-13(18)11-4-2-10(3-5-11)12-7-15-8-19-12/h2-8H,1H3,(H,16,17,18). The summed E-state index contributed by atoms with van der Waals surface area (Å²) in [6, 6.07) is 7.13. The maximum Gasteiger partial charge on any atom is 0.257 e. The van der Waals surface area contributed by atoms with Crippen molar-refractivity contribution in [3.05, 3.63) is 53.5 Å². The van der Waals surface area contributed by atoms with Gasteiger partial charge in [0.15, 0.2) is 17.3 Å². The van der Waals surface area contributed by atoms with E-state index in [1.54, 1.807) is 24.5 Å². The number of carbonyl (C=O) groups is 1. The van der Waals surface area contributed by atoms with E-state index in [1.165, 1.54) is 17.7 Å². The maximum absolute atomic E-state index is 12.0. The molecule has 6 heteroatoms. The lowest BCUT2D eigenvalue weighted by molar-refractivity contribution is 0.102. The van der Waals surface area contributed by atoms with Crippen LogP contribution in [0.15, 0.2) is 47.5 Å². The average molecular weight is 285 g/mol. The van der Waals surface area contributed by atoms with Gasteiger partial charge in [-0.1, -0.05) is 12.1 Å². The van der Waals surface area contributed by atoms with E-state index in [2.05, 4.69) is 15.3 Å². The minimum atomic E-state index is -0.177. The molecule has 20 heavy (non-hydrogen) atoms. The van der Waals surface area contributed by atoms with Gasteiger partial charge in [0.25, 0.3) is 5.91 Å². The van der Waals surface area contributed by atoms with Gasteiger partial charge in [0.05, 0.1) is 6.20 Å². The summed E-state index contributed by atoms with van der Waals surface area (Å²) in [6.45, 7) is 1.94. The van der Waals surface area contributed by atoms with Crippen molar-refractivity contribution in [1.82, 2.24) is 9.97 Å². The van der Waals surface area contributed by atoms with Crippen LogP contribution in [0.5, 0.6) is 0 Å². The van der Waals surface area contributed by atoms with Gasteiger partial charge in [-0.05, 0) is 19.1 Å². The third-order valence-corrected chi connectivity index (χ3v) is 3.53. The van der Waals surface area contributed by atoms with E-state index >= 15 is 0 Å². The third kappa shape index (κ3) is 2.60. The highest BCUT2D eigenvalue weighted by molar-refractivity contribution is 7.15. The molecule has 0 saturated heterocycles. The Labute approximate surface area is 119 Å². The number of anilines is 1. The second kappa shape index (κ2) is 5.26. The second-order valence-electron chi connectivity index (χ2n) is 4.17. The van der Waals surface area contributed by atoms with Gasteiger partial charge in [0.1, 0.15) is 0 Å². The first-order valence-corrected chi connectivity index (χ1v) is 6.77. The molecule has 2 aromatic heterocycles. The van der Waals surface area contributed by atoms with Gasteiger partial charge in [-0.15, -0.1) is 11.3 Å². The molecule has 0 spiro atoms. The summed E-state index contributed by atoms with van der Waals surface area (Å²) in [7, 11) is 0. The fraction of sp³-hybridized carbons (Fsp3) is 0.0714. The van der Waals surface area contributed by atoms with Crippen LogP contribution in [0.2, 0.25) is 0 Å². The van der Waals surface area contributed by atoms with E-state index < -0.39 is 0 Å². The summed E-state index contributed by atoms with van der Waals surface area (Å²) in [5, 5.41) is 3.37. The summed E-state index contributed by atoms with van der Waals surface area (Å²) in [6.07, 6.45) is 4.74. The first kappa shape index (κ1) is 12.6. The minimum Gasteiger partial charge on any atom is -0.444 e. The van der Waals surface area contributed by atoms with Crippen LogP contribution in [-0.4, -0.2) is 15.9 Å². The van der Waals surface area contributed by atoms with Crippen LogP contribution in [0, 0.1) is 6.92 Å². The molecule has 2 heterocycles. The maximum atomic E-state index is 12.0. The van der Waals surface area contributed by atoms with Crippen molar-refractivity contribution in [2.45, 2.75) is 6.92 Å². The van der Waals surface area contributed by atoms with Crippen molar-refractivity contribution < 1.29 is 9.21 Å². The van der Waals surface area contributed by atoms with Crippen molar-refractivity contribution in [2.24, 2.45) is 0 Å². The normalized spacial score (nSPS) is 10.4. The first-order valence-electron chi connectivity index (χ1n) is 5.95. The molecule has 0 fully saturated rings. The Morgan fingerprint density at radius 3 is 2.65 bits per heavy atom. The molecule has 5 nitrogen and oxygen atoms in total. The van der Waals surface area contributed by atoms with E-state index in [9.17, 15) is 4.79 Å². The summed E-state index contributed by atoms with van der Waals surface area (Å²) >= 11 is 1.45. The molecule has 100 valence electrons. The summed E-state index contributed by atoms with van der Waals surface area (Å²) in [4.78, 5) is 21.1. The van der Waals surface area contributed by atoms with Crippen molar-refractivity contribution in [3.8, 4) is 11.3 Å². The van der Waals surface area contributed by atoms with Gasteiger partial charge in [-0.3, -0.25) is 10.1 Å². The van der Waals surface area contributed by atoms with Gasteiger partial charge >= 0.3 is 0 Å². The molecule has 1 N–H and O–H groups in total. The predicted molar refractivity (Wildman–Crippen MR) is 76.7 cm³/mol. The molecule has 0 aliphatic rings. The highest BCUT2D eigenvalue weighted by atomic mass is 32.1. The summed E-state index contributed by atoms with van der Waals surface area (Å²) in [5.74, 6) is 0.496. The molecule has 3 rings (SSSR count). The largest absolute Gasteiger partial charge is 0.444 e. The number of benzene rings is 1. The fourth-order valence-electron chi connectivity index (χ4n) is 1.73. The highest BCUT2D eigenvalue weighted by Crippen LogP contribution is 2.20. The lowest BCUT2D eigenvalue weighted by atomic mass is 10.1. The number of hydrogen-bond acceptors (Lipinski definition) is 5. The highest BCUT2D eigenvalue weighted by Gasteiger charge is 2.09. The van der Waals surface area contributed by atoms with E-state index in [4.69, 9.17) is 4.42 Å². The van der Waals surface area contributed by atoms with Crippen molar-refractivity contribution in [2.75, 3.05) is 5.32 Å². The van der Waals surface area contributed by atoms with Crippen LogP contribution in [0.1, 0.15) is 15.2 Å². The number of hydrogen-bond donors (Lipinski definition) is 1. The predicted octanol–water partition coefficient (Wildman–Crippen LogP) is 3.36. The molecular formula is C14H11N3O2S. The SMILES string of the molecule is Cc1cnc(NC(=O)c2ccc(-c3cnco3)cc2)s1. The van der Waals surface area contributed by atoms with Crippen LogP contribution in [0.4, 0.5) is 5.13 Å². The van der Waals surface area contributed by atoms with Crippen LogP contribution < -0.4 is 5.32 Å². The zero-order valence-electron chi connectivity index (χ0n) is 10.7. The van der Waals surface area contributed by atoms with Crippen LogP contribution in [0.25, 0.3) is 11.3 Å². The van der Waals surface area contributed by atoms with E-state index in [0.29, 0.717) is 16.5 Å². The molecule has 0 atom stereocenters. The Bertz CT molecular complexity index is 717. The van der Waals surface area contributed by atoms with E-state index in [-0.39, 0.29) is 5.91 Å². The zero-order valence-corrected chi connectivity index (χ0v) is 11.5. The Hall–Kier alpha value is -2.47. The molecule has 0 radical (unpaired) electrons. The third-order valence-electron chi connectivity index (χ3n) is 2.71. The Balaban J connectivity index is 1.75. The minimum absolute atomic E-state index is 0.177. The Kier molecular flexibility index (Phi) is 3.30. The summed E-state index contributed by atoms with van der Waals surface area (Å²) in [5.41, 5.74) is 1.45. The van der Waals surface area contributed by atoms with Crippen LogP contribution in [-0.2, 0) is 0 Å². The quantitative estimate of drug-likeness (QED) is 0.801. The molecule has 0 bridgehead atoms. The molecule has 1 amide bonds. The number of thiazole rings is 1. The van der Waals surface area contributed by atoms with Gasteiger partial charge in [0, 0.05) is 22.2 Å². The Morgan fingerprint density at radius 1 is 1.25 bits per heavy atom. The number of aryl methyl sites for hydroxylation is 1. The van der Waals surface area contributed by atoms with Crippen molar-refractivity contribution >= 4 is 22.4 Å². The number of carbonyl (C=O) groups excluding carboxylic acids is 1. The van der Waals surface area contributed by atoms with Gasteiger partial charge in [0.2, 0.25) is 0 Å². The number of oxazole rings is 1. The fourth-order valence-corrected chi connectivity index (χ4v) is 2.39. The molecule has 0 aliphatic heterocycles. The van der Waals surface area contributed by atoms with Gasteiger partial charge < -0.3 is 4.42 Å². The summed E-state index contributed by atoms with van der Waals surface area (Å²) < 4.78 is 5.20. The molecular weight excluding hydrogens is 274 g/mol. The average Bonchev–Trinajstić information content (AvgIpc) is 3.11. The molecule has 3 aromatic rings. The molecule has 0 aliphatic carbocycles. The number of nitrogens with one attached hydrogen (secondary N) is 1. The lowest BCUT2D eigenvalue weighted by Crippen LogP contribution is -2.11. The number of amides is 1. The smallest absolute Gasteiger partial charge is 0.257 e. The number of aromatic nitrogens is 2. The number of nitrogens with zero attached hydrogens (tertiary/aromatic N) is 2. The van der Waals surface area contributed by atoms with E-state index in [1.807, 2.05) is 19.1 Å².